The van der Waals surface area contributed by atoms with E-state index in [0.29, 0.717) is 25.2 Å². The number of nitrogens with one attached hydrogen (secondary N) is 1. The maximum absolute atomic E-state index is 13.1. The van der Waals surface area contributed by atoms with Crippen LogP contribution >= 0.6 is 0 Å². The van der Waals surface area contributed by atoms with Crippen molar-refractivity contribution in [3.8, 4) is 0 Å². The van der Waals surface area contributed by atoms with Crippen LogP contribution in [-0.4, -0.2) is 41.4 Å². The number of halogens is 2. The Labute approximate surface area is 107 Å². The van der Waals surface area contributed by atoms with Gasteiger partial charge in [-0.2, -0.15) is 5.10 Å². The smallest absolute Gasteiger partial charge is 0.280 e. The highest BCUT2D eigenvalue weighted by atomic mass is 19.3. The molecule has 0 aliphatic rings. The van der Waals surface area contributed by atoms with E-state index in [4.69, 9.17) is 0 Å². The van der Waals surface area contributed by atoms with Crippen molar-refractivity contribution in [3.63, 3.8) is 0 Å². The van der Waals surface area contributed by atoms with Crippen LogP contribution in [0.2, 0.25) is 0 Å². The quantitative estimate of drug-likeness (QED) is 0.812. The van der Waals surface area contributed by atoms with E-state index in [9.17, 15) is 8.78 Å². The Hall–Kier alpha value is -1.01. The van der Waals surface area contributed by atoms with Gasteiger partial charge < -0.3 is 10.2 Å². The van der Waals surface area contributed by atoms with E-state index in [2.05, 4.69) is 10.4 Å². The van der Waals surface area contributed by atoms with E-state index in [0.717, 1.165) is 0 Å². The largest absolute Gasteiger partial charge is 0.310 e. The number of alkyl halides is 2. The minimum absolute atomic E-state index is 0.0324. The standard InChI is InChI=1S/C12H22F2N4/c1-9(2)15-7-10-8-16-18(6-5-17(3)4)11(10)12(13)14/h8-9,12,15H,5-7H2,1-4H3. The highest BCUT2D eigenvalue weighted by molar-refractivity contribution is 5.19. The molecule has 1 heterocycles. The molecule has 1 aromatic rings. The van der Waals surface area contributed by atoms with E-state index in [1.807, 2.05) is 32.8 Å². The van der Waals surface area contributed by atoms with Gasteiger partial charge in [0.2, 0.25) is 0 Å². The summed E-state index contributed by atoms with van der Waals surface area (Å²) in [5.41, 5.74) is 0.613. The average Bonchev–Trinajstić information content (AvgIpc) is 2.66. The van der Waals surface area contributed by atoms with Gasteiger partial charge in [-0.15, -0.1) is 0 Å². The fourth-order valence-electron chi connectivity index (χ4n) is 1.61. The molecule has 6 heteroatoms. The van der Waals surface area contributed by atoms with Gasteiger partial charge in [-0.1, -0.05) is 13.8 Å². The first-order valence-electron chi connectivity index (χ1n) is 6.12. The first-order chi connectivity index (χ1) is 8.41. The number of hydrogen-bond acceptors (Lipinski definition) is 3. The zero-order valence-corrected chi connectivity index (χ0v) is 11.5. The zero-order valence-electron chi connectivity index (χ0n) is 11.5. The average molecular weight is 260 g/mol. The fourth-order valence-corrected chi connectivity index (χ4v) is 1.61. The predicted molar refractivity (Wildman–Crippen MR) is 67.7 cm³/mol. The summed E-state index contributed by atoms with van der Waals surface area (Å²) in [6.07, 6.45) is -0.953. The van der Waals surface area contributed by atoms with Gasteiger partial charge in [0.25, 0.3) is 6.43 Å². The third-order valence-electron chi connectivity index (χ3n) is 2.63. The molecule has 0 saturated carbocycles. The van der Waals surface area contributed by atoms with Gasteiger partial charge in [-0.05, 0) is 14.1 Å². The highest BCUT2D eigenvalue weighted by Crippen LogP contribution is 2.22. The maximum atomic E-state index is 13.1. The van der Waals surface area contributed by atoms with E-state index < -0.39 is 6.43 Å². The van der Waals surface area contributed by atoms with Crippen LogP contribution in [0.1, 0.15) is 31.5 Å². The van der Waals surface area contributed by atoms with Crippen molar-refractivity contribution in [1.82, 2.24) is 20.0 Å². The van der Waals surface area contributed by atoms with Crippen LogP contribution in [0.25, 0.3) is 0 Å². The van der Waals surface area contributed by atoms with Crippen molar-refractivity contribution < 1.29 is 8.78 Å². The SMILES string of the molecule is CC(C)NCc1cnn(CCN(C)C)c1C(F)F. The normalized spacial score (nSPS) is 12.1. The monoisotopic (exact) mass is 260 g/mol. The number of aromatic nitrogens is 2. The second-order valence-corrected chi connectivity index (χ2v) is 4.92. The molecule has 4 nitrogen and oxygen atoms in total. The number of hydrogen-bond donors (Lipinski definition) is 1. The van der Waals surface area contributed by atoms with Crippen molar-refractivity contribution in [2.24, 2.45) is 0 Å². The van der Waals surface area contributed by atoms with Gasteiger partial charge in [-0.3, -0.25) is 4.68 Å². The van der Waals surface area contributed by atoms with E-state index in [-0.39, 0.29) is 11.7 Å². The van der Waals surface area contributed by atoms with Crippen molar-refractivity contribution in [2.45, 2.75) is 39.4 Å². The molecule has 1 aromatic heterocycles. The molecule has 18 heavy (non-hydrogen) atoms. The molecular formula is C12H22F2N4. The van der Waals surface area contributed by atoms with Gasteiger partial charge in [0.05, 0.1) is 12.7 Å². The summed E-state index contributed by atoms with van der Waals surface area (Å²) in [6.45, 7) is 5.57. The molecule has 1 rings (SSSR count). The molecular weight excluding hydrogens is 238 g/mol. The van der Waals surface area contributed by atoms with Crippen LogP contribution in [0.4, 0.5) is 8.78 Å². The topological polar surface area (TPSA) is 33.1 Å². The summed E-state index contributed by atoms with van der Waals surface area (Å²) in [5, 5.41) is 7.20. The molecule has 0 aromatic carbocycles. The summed E-state index contributed by atoms with van der Waals surface area (Å²) in [5.74, 6) is 0. The predicted octanol–water partition coefficient (Wildman–Crippen LogP) is 1.88. The van der Waals surface area contributed by atoms with Gasteiger partial charge in [0.15, 0.2) is 0 Å². The van der Waals surface area contributed by atoms with Crippen molar-refractivity contribution in [1.29, 1.82) is 0 Å². The molecule has 0 radical (unpaired) electrons. The lowest BCUT2D eigenvalue weighted by Gasteiger charge is -2.13. The Morgan fingerprint density at radius 3 is 2.56 bits per heavy atom. The molecule has 0 atom stereocenters. The first-order valence-corrected chi connectivity index (χ1v) is 6.12. The van der Waals surface area contributed by atoms with Crippen molar-refractivity contribution in [2.75, 3.05) is 20.6 Å². The Balaban J connectivity index is 2.78. The maximum Gasteiger partial charge on any atom is 0.280 e. The highest BCUT2D eigenvalue weighted by Gasteiger charge is 2.19. The van der Waals surface area contributed by atoms with Gasteiger partial charge in [-0.25, -0.2) is 8.78 Å². The Kier molecular flexibility index (Phi) is 5.68. The van der Waals surface area contributed by atoms with E-state index in [1.54, 1.807) is 0 Å². The summed E-state index contributed by atoms with van der Waals surface area (Å²) >= 11 is 0. The lowest BCUT2D eigenvalue weighted by Crippen LogP contribution is -2.23. The van der Waals surface area contributed by atoms with Crippen molar-refractivity contribution in [3.05, 3.63) is 17.5 Å². The van der Waals surface area contributed by atoms with E-state index >= 15 is 0 Å². The molecule has 0 bridgehead atoms. The fraction of sp³-hybridized carbons (Fsp3) is 0.750. The van der Waals surface area contributed by atoms with Crippen LogP contribution in [-0.2, 0) is 13.1 Å². The lowest BCUT2D eigenvalue weighted by atomic mass is 10.2. The Morgan fingerprint density at radius 2 is 2.06 bits per heavy atom. The lowest BCUT2D eigenvalue weighted by molar-refractivity contribution is 0.136. The van der Waals surface area contributed by atoms with Crippen molar-refractivity contribution >= 4 is 0 Å². The molecule has 0 aliphatic carbocycles. The molecule has 104 valence electrons. The number of likely N-dealkylation sites (N-methyl/N-ethyl adjacent to an activating group) is 1. The third kappa shape index (κ3) is 4.34. The molecule has 0 unspecified atom stereocenters. The minimum Gasteiger partial charge on any atom is -0.310 e. The molecule has 0 aliphatic heterocycles. The van der Waals surface area contributed by atoms with Crippen LogP contribution in [0.15, 0.2) is 6.20 Å². The van der Waals surface area contributed by atoms with Crippen LogP contribution in [0.3, 0.4) is 0 Å². The van der Waals surface area contributed by atoms with Crippen LogP contribution in [0, 0.1) is 0 Å². The molecule has 0 amide bonds. The van der Waals surface area contributed by atoms with E-state index in [1.165, 1.54) is 10.9 Å². The van der Waals surface area contributed by atoms with Crippen LogP contribution < -0.4 is 5.32 Å². The van der Waals surface area contributed by atoms with Crippen LogP contribution in [0.5, 0.6) is 0 Å². The van der Waals surface area contributed by atoms with Gasteiger partial charge >= 0.3 is 0 Å². The summed E-state index contributed by atoms with van der Waals surface area (Å²) in [7, 11) is 3.82. The van der Waals surface area contributed by atoms with Gasteiger partial charge in [0, 0.05) is 24.7 Å². The molecule has 0 spiro atoms. The first kappa shape index (κ1) is 15.0. The second-order valence-electron chi connectivity index (χ2n) is 4.92. The summed E-state index contributed by atoms with van der Waals surface area (Å²) < 4.78 is 27.5. The second kappa shape index (κ2) is 6.80. The minimum atomic E-state index is -2.49. The Bertz CT molecular complexity index is 331. The summed E-state index contributed by atoms with van der Waals surface area (Å²) in [4.78, 5) is 1.95. The third-order valence-corrected chi connectivity index (χ3v) is 2.63. The van der Waals surface area contributed by atoms with Gasteiger partial charge in [0.1, 0.15) is 5.69 Å². The molecule has 1 N–H and O–H groups in total. The number of nitrogens with zero attached hydrogens (tertiary/aromatic N) is 3. The molecule has 0 fully saturated rings. The number of rotatable bonds is 7. The molecule has 0 saturated heterocycles. The Morgan fingerprint density at radius 1 is 1.39 bits per heavy atom. The summed E-state index contributed by atoms with van der Waals surface area (Å²) in [6, 6.07) is 0.264. The zero-order chi connectivity index (χ0) is 13.7.